The van der Waals surface area contributed by atoms with Crippen molar-refractivity contribution in [3.8, 4) is 5.19 Å². The molecular weight excluding hydrogens is 479 g/mol. The van der Waals surface area contributed by atoms with E-state index in [9.17, 15) is 18.0 Å². The first-order valence-corrected chi connectivity index (χ1v) is 13.2. The van der Waals surface area contributed by atoms with Crippen molar-refractivity contribution >= 4 is 17.2 Å². The lowest BCUT2D eigenvalue weighted by Gasteiger charge is -2.30. The van der Waals surface area contributed by atoms with Gasteiger partial charge in [-0.1, -0.05) is 11.3 Å². The van der Waals surface area contributed by atoms with E-state index in [-0.39, 0.29) is 18.6 Å². The van der Waals surface area contributed by atoms with Crippen molar-refractivity contribution in [2.45, 2.75) is 70.0 Å². The highest BCUT2D eigenvalue weighted by atomic mass is 32.1. The smallest absolute Gasteiger partial charge is 0.392 e. The minimum Gasteiger partial charge on any atom is -0.470 e. The van der Waals surface area contributed by atoms with Crippen LogP contribution in [0.3, 0.4) is 0 Å². The summed E-state index contributed by atoms with van der Waals surface area (Å²) < 4.78 is 43.9. The SMILES string of the molecule is Cn1cc(CC(=O)N[C@H]2CC[C@H](CCN3CCc4nc(OCCC(F)(F)F)sc4CC3)CC2)cn1. The van der Waals surface area contributed by atoms with Crippen LogP contribution in [0.1, 0.15) is 54.7 Å². The van der Waals surface area contributed by atoms with Gasteiger partial charge in [0.05, 0.1) is 31.3 Å². The zero-order valence-electron chi connectivity index (χ0n) is 20.1. The number of amides is 1. The highest BCUT2D eigenvalue weighted by Crippen LogP contribution is 2.30. The number of alkyl halides is 3. The Morgan fingerprint density at radius 3 is 2.71 bits per heavy atom. The molecule has 2 aliphatic rings. The van der Waals surface area contributed by atoms with Gasteiger partial charge in [0, 0.05) is 43.7 Å². The molecule has 0 radical (unpaired) electrons. The summed E-state index contributed by atoms with van der Waals surface area (Å²) in [4.78, 5) is 20.4. The Bertz CT molecular complexity index is 943. The molecule has 1 amide bonds. The van der Waals surface area contributed by atoms with Crippen LogP contribution < -0.4 is 10.1 Å². The molecule has 0 aromatic carbocycles. The second-order valence-corrected chi connectivity index (χ2v) is 10.7. The van der Waals surface area contributed by atoms with E-state index in [1.54, 1.807) is 10.9 Å². The van der Waals surface area contributed by atoms with E-state index in [0.29, 0.717) is 17.5 Å². The normalized spacial score (nSPS) is 21.4. The fourth-order valence-electron chi connectivity index (χ4n) is 4.91. The van der Waals surface area contributed by atoms with Crippen molar-refractivity contribution < 1.29 is 22.7 Å². The summed E-state index contributed by atoms with van der Waals surface area (Å²) in [5.41, 5.74) is 1.91. The van der Waals surface area contributed by atoms with Gasteiger partial charge in [-0.25, -0.2) is 4.98 Å². The fraction of sp³-hybridized carbons (Fsp3) is 0.708. The molecule has 11 heteroatoms. The van der Waals surface area contributed by atoms with Crippen LogP contribution in [-0.4, -0.2) is 64.0 Å². The number of aromatic nitrogens is 3. The third-order valence-electron chi connectivity index (χ3n) is 6.88. The van der Waals surface area contributed by atoms with E-state index in [0.717, 1.165) is 80.7 Å². The van der Waals surface area contributed by atoms with E-state index >= 15 is 0 Å². The van der Waals surface area contributed by atoms with Crippen LogP contribution >= 0.6 is 11.3 Å². The predicted molar refractivity (Wildman–Crippen MR) is 128 cm³/mol. The Balaban J connectivity index is 1.12. The Labute approximate surface area is 208 Å². The molecule has 35 heavy (non-hydrogen) atoms. The van der Waals surface area contributed by atoms with Crippen molar-refractivity contribution in [2.75, 3.05) is 26.2 Å². The number of carbonyl (C=O) groups is 1. The molecule has 2 aromatic heterocycles. The highest BCUT2D eigenvalue weighted by molar-refractivity contribution is 7.13. The molecule has 0 unspecified atom stereocenters. The van der Waals surface area contributed by atoms with E-state index < -0.39 is 12.6 Å². The number of fused-ring (bicyclic) bond motifs is 1. The number of ether oxygens (including phenoxy) is 1. The van der Waals surface area contributed by atoms with Gasteiger partial charge in [0.1, 0.15) is 0 Å². The van der Waals surface area contributed by atoms with Crippen LogP contribution in [0.15, 0.2) is 12.4 Å². The van der Waals surface area contributed by atoms with Gasteiger partial charge in [0.25, 0.3) is 5.19 Å². The van der Waals surface area contributed by atoms with Crippen LogP contribution in [0.2, 0.25) is 0 Å². The van der Waals surface area contributed by atoms with Crippen molar-refractivity contribution in [3.63, 3.8) is 0 Å². The fourth-order valence-corrected chi connectivity index (χ4v) is 5.88. The number of nitrogens with one attached hydrogen (secondary N) is 1. The summed E-state index contributed by atoms with van der Waals surface area (Å²) >= 11 is 1.39. The molecule has 7 nitrogen and oxygen atoms in total. The van der Waals surface area contributed by atoms with Crippen LogP contribution in [0, 0.1) is 5.92 Å². The third kappa shape index (κ3) is 8.20. The highest BCUT2D eigenvalue weighted by Gasteiger charge is 2.28. The van der Waals surface area contributed by atoms with Crippen LogP contribution in [0.4, 0.5) is 13.2 Å². The number of rotatable bonds is 9. The van der Waals surface area contributed by atoms with Crippen LogP contribution in [-0.2, 0) is 31.1 Å². The zero-order chi connectivity index (χ0) is 24.8. The predicted octanol–water partition coefficient (Wildman–Crippen LogP) is 3.92. The average Bonchev–Trinajstić information content (AvgIpc) is 3.33. The quantitative estimate of drug-likeness (QED) is 0.551. The maximum absolute atomic E-state index is 12.3. The topological polar surface area (TPSA) is 72.3 Å². The number of thiazole rings is 1. The van der Waals surface area contributed by atoms with Gasteiger partial charge in [0.15, 0.2) is 0 Å². The Morgan fingerprint density at radius 2 is 2.00 bits per heavy atom. The zero-order valence-corrected chi connectivity index (χ0v) is 21.0. The molecule has 1 N–H and O–H groups in total. The molecule has 194 valence electrons. The summed E-state index contributed by atoms with van der Waals surface area (Å²) in [6.07, 6.45) is 6.00. The van der Waals surface area contributed by atoms with Gasteiger partial charge in [-0.15, -0.1) is 0 Å². The van der Waals surface area contributed by atoms with Crippen LogP contribution in [0.25, 0.3) is 0 Å². The average molecular weight is 514 g/mol. The van der Waals surface area contributed by atoms with Gasteiger partial charge < -0.3 is 15.0 Å². The number of carbonyl (C=O) groups excluding carboxylic acids is 1. The maximum Gasteiger partial charge on any atom is 0.392 e. The monoisotopic (exact) mass is 513 g/mol. The molecule has 0 spiro atoms. The Morgan fingerprint density at radius 1 is 1.23 bits per heavy atom. The molecule has 1 saturated carbocycles. The first-order valence-electron chi connectivity index (χ1n) is 12.4. The number of aryl methyl sites for hydroxylation is 1. The lowest BCUT2D eigenvalue weighted by atomic mass is 9.84. The molecule has 0 saturated heterocycles. The molecule has 0 atom stereocenters. The largest absolute Gasteiger partial charge is 0.470 e. The Hall–Kier alpha value is -2.14. The lowest BCUT2D eigenvalue weighted by molar-refractivity contribution is -0.139. The van der Waals surface area contributed by atoms with Gasteiger partial charge in [-0.05, 0) is 56.6 Å². The number of halogens is 3. The summed E-state index contributed by atoms with van der Waals surface area (Å²) in [6, 6.07) is 0.267. The van der Waals surface area contributed by atoms with Gasteiger partial charge in [0.2, 0.25) is 5.91 Å². The Kier molecular flexibility index (Phi) is 8.69. The summed E-state index contributed by atoms with van der Waals surface area (Å²) in [6.45, 7) is 2.53. The first-order chi connectivity index (χ1) is 16.7. The second-order valence-electron chi connectivity index (χ2n) is 9.68. The van der Waals surface area contributed by atoms with E-state index in [4.69, 9.17) is 4.74 Å². The summed E-state index contributed by atoms with van der Waals surface area (Å²) in [7, 11) is 1.85. The van der Waals surface area contributed by atoms with E-state index in [1.807, 2.05) is 13.2 Å². The molecule has 0 bridgehead atoms. The molecule has 4 rings (SSSR count). The summed E-state index contributed by atoms with van der Waals surface area (Å²) in [5, 5.41) is 7.65. The summed E-state index contributed by atoms with van der Waals surface area (Å²) in [5.74, 6) is 0.756. The minimum atomic E-state index is -4.21. The maximum atomic E-state index is 12.3. The molecule has 1 aliphatic heterocycles. The minimum absolute atomic E-state index is 0.0704. The molecule has 1 fully saturated rings. The third-order valence-corrected chi connectivity index (χ3v) is 7.95. The van der Waals surface area contributed by atoms with Gasteiger partial charge in [-0.2, -0.15) is 18.3 Å². The standard InChI is InChI=1S/C24H34F3N5O2S/c1-31-16-18(15-28-31)14-22(33)29-19-4-2-17(3-5-19)6-10-32-11-7-20-21(8-12-32)35-23(30-20)34-13-9-24(25,26)27/h15-17,19H,2-14H2,1H3,(H,29,33)/t17-,19-. The van der Waals surface area contributed by atoms with Gasteiger partial charge >= 0.3 is 6.18 Å². The van der Waals surface area contributed by atoms with Crippen molar-refractivity contribution in [2.24, 2.45) is 13.0 Å². The molecular formula is C24H34F3N5O2S. The van der Waals surface area contributed by atoms with Crippen molar-refractivity contribution in [1.29, 1.82) is 0 Å². The van der Waals surface area contributed by atoms with E-state index in [1.165, 1.54) is 11.3 Å². The first kappa shape index (κ1) is 25.9. The lowest BCUT2D eigenvalue weighted by Crippen LogP contribution is -2.39. The van der Waals surface area contributed by atoms with Crippen molar-refractivity contribution in [3.05, 3.63) is 28.5 Å². The van der Waals surface area contributed by atoms with Crippen LogP contribution in [0.5, 0.6) is 5.19 Å². The van der Waals surface area contributed by atoms with Crippen molar-refractivity contribution in [1.82, 2.24) is 25.0 Å². The van der Waals surface area contributed by atoms with E-state index in [2.05, 4.69) is 20.3 Å². The van der Waals surface area contributed by atoms with Gasteiger partial charge in [-0.3, -0.25) is 9.48 Å². The molecule has 3 heterocycles. The molecule has 1 aliphatic carbocycles. The number of hydrogen-bond acceptors (Lipinski definition) is 6. The number of hydrogen-bond donors (Lipinski definition) is 1. The second kappa shape index (κ2) is 11.7. The molecule has 2 aromatic rings. The number of nitrogens with zero attached hydrogens (tertiary/aromatic N) is 4.